The zero-order valence-electron chi connectivity index (χ0n) is 10.8. The van der Waals surface area contributed by atoms with E-state index in [1.165, 1.54) is 0 Å². The molecule has 0 fully saturated rings. The molecule has 132 valence electrons. The quantitative estimate of drug-likeness (QED) is 0.246. The van der Waals surface area contributed by atoms with Crippen LogP contribution in [-0.2, 0) is 4.79 Å². The van der Waals surface area contributed by atoms with E-state index in [1.54, 1.807) is 0 Å². The van der Waals surface area contributed by atoms with Gasteiger partial charge in [-0.3, -0.25) is 0 Å². The molecule has 22 heavy (non-hydrogen) atoms. The lowest BCUT2D eigenvalue weighted by atomic mass is 9.91. The first-order valence-corrected chi connectivity index (χ1v) is 9.84. The third-order valence-corrected chi connectivity index (χ3v) is 5.36. The van der Waals surface area contributed by atoms with Gasteiger partial charge in [0.05, 0.1) is 4.87 Å². The number of halogens is 10. The van der Waals surface area contributed by atoms with E-state index >= 15 is 0 Å². The van der Waals surface area contributed by atoms with Gasteiger partial charge in [0.15, 0.2) is 7.59 Å². The highest BCUT2D eigenvalue weighted by molar-refractivity contribution is 6.68. The van der Waals surface area contributed by atoms with Crippen molar-refractivity contribution in [2.75, 3.05) is 0 Å². The summed E-state index contributed by atoms with van der Waals surface area (Å²) in [7, 11) is 0. The lowest BCUT2D eigenvalue weighted by Gasteiger charge is -2.33. The lowest BCUT2D eigenvalue weighted by Crippen LogP contribution is -2.40. The summed E-state index contributed by atoms with van der Waals surface area (Å²) in [6.07, 6.45) is 0.702. The zero-order chi connectivity index (χ0) is 17.8. The average molecular weight is 515 g/mol. The normalized spacial score (nSPS) is 20.1. The monoisotopic (exact) mass is 510 g/mol. The number of carbonyl (C=O) groups excluding carboxylic acids is 1. The molecule has 0 aliphatic heterocycles. The molecule has 0 N–H and O–H groups in total. The molecule has 1 nitrogen and oxygen atoms in total. The van der Waals surface area contributed by atoms with Gasteiger partial charge in [0.2, 0.25) is 0 Å². The first-order valence-electron chi connectivity index (χ1n) is 5.88. The minimum Gasteiger partial charge on any atom is -0.302 e. The van der Waals surface area contributed by atoms with E-state index in [0.29, 0.717) is 6.29 Å². The molecule has 0 heterocycles. The third-order valence-electron chi connectivity index (χ3n) is 2.64. The molecule has 3 unspecified atom stereocenters. The fraction of sp³-hybridized carbons (Fsp3) is 0.909. The van der Waals surface area contributed by atoms with Gasteiger partial charge in [-0.15, -0.1) is 46.4 Å². The minimum absolute atomic E-state index is 0.0214. The molecule has 0 aromatic carbocycles. The largest absolute Gasteiger partial charge is 0.302 e. The Balaban J connectivity index is 4.97. The highest BCUT2D eigenvalue weighted by Crippen LogP contribution is 2.43. The smallest absolute Gasteiger partial charge is 0.192 e. The van der Waals surface area contributed by atoms with Crippen molar-refractivity contribution in [3.63, 3.8) is 0 Å². The molecule has 3 atom stereocenters. The summed E-state index contributed by atoms with van der Waals surface area (Å²) in [5.74, 6) is 0. The van der Waals surface area contributed by atoms with E-state index in [1.807, 2.05) is 0 Å². The number of rotatable bonds is 8. The first-order chi connectivity index (χ1) is 9.68. The summed E-state index contributed by atoms with van der Waals surface area (Å²) >= 11 is 58.8. The standard InChI is InChI=1S/C11H12Cl10O/c12-6(3-10(16,17)18)1-9(15,8(14)5-22)2-7(13)4-11(19,20)21/h5-8H,1-4H2. The Kier molecular flexibility index (Phi) is 11.2. The average Bonchev–Trinajstić information content (AvgIpc) is 2.21. The second-order valence-corrected chi connectivity index (χ2v) is 12.3. The maximum absolute atomic E-state index is 11.0. The Morgan fingerprint density at radius 3 is 1.23 bits per heavy atom. The summed E-state index contributed by atoms with van der Waals surface area (Å²) in [6, 6.07) is 0. The number of carbonyl (C=O) groups is 1. The van der Waals surface area contributed by atoms with Crippen LogP contribution in [0, 0.1) is 0 Å². The van der Waals surface area contributed by atoms with Crippen LogP contribution in [0.25, 0.3) is 0 Å². The second kappa shape index (κ2) is 10.0. The third kappa shape index (κ3) is 11.2. The Labute approximate surface area is 180 Å². The van der Waals surface area contributed by atoms with Crippen molar-refractivity contribution in [3.8, 4) is 0 Å². The van der Waals surface area contributed by atoms with Crippen molar-refractivity contribution in [1.29, 1.82) is 0 Å². The van der Waals surface area contributed by atoms with Crippen molar-refractivity contribution in [2.24, 2.45) is 0 Å². The lowest BCUT2D eigenvalue weighted by molar-refractivity contribution is -0.108. The highest BCUT2D eigenvalue weighted by Gasteiger charge is 2.42. The van der Waals surface area contributed by atoms with Crippen LogP contribution in [-0.4, -0.2) is 34.9 Å². The number of aldehydes is 1. The molecule has 0 radical (unpaired) electrons. The van der Waals surface area contributed by atoms with Crippen molar-refractivity contribution < 1.29 is 4.79 Å². The highest BCUT2D eigenvalue weighted by atomic mass is 35.6. The van der Waals surface area contributed by atoms with Crippen LogP contribution in [0.5, 0.6) is 0 Å². The summed E-state index contributed by atoms with van der Waals surface area (Å²) in [6.45, 7) is 0. The van der Waals surface area contributed by atoms with Gasteiger partial charge >= 0.3 is 0 Å². The van der Waals surface area contributed by atoms with Gasteiger partial charge < -0.3 is 4.79 Å². The SMILES string of the molecule is O=CC(Cl)C(Cl)(CC(Cl)CC(Cl)(Cl)Cl)CC(Cl)CC(Cl)(Cl)Cl. The maximum Gasteiger partial charge on any atom is 0.192 e. The molecule has 0 spiro atoms. The molecule has 0 saturated heterocycles. The van der Waals surface area contributed by atoms with Gasteiger partial charge in [0, 0.05) is 23.6 Å². The molecular weight excluding hydrogens is 503 g/mol. The molecule has 0 rings (SSSR count). The predicted octanol–water partition coefficient (Wildman–Crippen LogP) is 7.29. The minimum atomic E-state index is -1.55. The Bertz CT molecular complexity index is 326. The van der Waals surface area contributed by atoms with Crippen molar-refractivity contribution in [1.82, 2.24) is 0 Å². The molecule has 0 aromatic heterocycles. The Hall–Kier alpha value is 2.57. The van der Waals surface area contributed by atoms with E-state index in [2.05, 4.69) is 0 Å². The van der Waals surface area contributed by atoms with E-state index in [0.717, 1.165) is 0 Å². The van der Waals surface area contributed by atoms with Crippen LogP contribution in [0.15, 0.2) is 0 Å². The maximum atomic E-state index is 11.0. The van der Waals surface area contributed by atoms with E-state index in [9.17, 15) is 4.79 Å². The van der Waals surface area contributed by atoms with Crippen molar-refractivity contribution in [2.45, 2.75) is 54.3 Å². The second-order valence-electron chi connectivity index (χ2n) is 4.81. The Morgan fingerprint density at radius 1 is 0.682 bits per heavy atom. The van der Waals surface area contributed by atoms with E-state index in [4.69, 9.17) is 116 Å². The van der Waals surface area contributed by atoms with E-state index in [-0.39, 0.29) is 25.7 Å². The molecule has 0 aliphatic rings. The number of hydrogen-bond acceptors (Lipinski definition) is 1. The van der Waals surface area contributed by atoms with Gasteiger partial charge in [0.1, 0.15) is 11.7 Å². The van der Waals surface area contributed by atoms with Gasteiger partial charge in [-0.25, -0.2) is 0 Å². The molecular formula is C11H12Cl10O. The van der Waals surface area contributed by atoms with Crippen LogP contribution in [0.4, 0.5) is 0 Å². The van der Waals surface area contributed by atoms with Crippen LogP contribution >= 0.6 is 116 Å². The van der Waals surface area contributed by atoms with Crippen molar-refractivity contribution >= 4 is 122 Å². The predicted molar refractivity (Wildman–Crippen MR) is 103 cm³/mol. The van der Waals surface area contributed by atoms with Crippen molar-refractivity contribution in [3.05, 3.63) is 0 Å². The zero-order valence-corrected chi connectivity index (χ0v) is 18.4. The van der Waals surface area contributed by atoms with E-state index < -0.39 is 28.6 Å². The molecule has 0 bridgehead atoms. The van der Waals surface area contributed by atoms with Gasteiger partial charge in [0.25, 0.3) is 0 Å². The summed E-state index contributed by atoms with van der Waals surface area (Å²) < 4.78 is -3.10. The topological polar surface area (TPSA) is 17.1 Å². The van der Waals surface area contributed by atoms with Crippen LogP contribution < -0.4 is 0 Å². The van der Waals surface area contributed by atoms with Crippen LogP contribution in [0.3, 0.4) is 0 Å². The van der Waals surface area contributed by atoms with Gasteiger partial charge in [-0.2, -0.15) is 0 Å². The molecule has 0 aromatic rings. The molecule has 0 amide bonds. The summed E-state index contributed by atoms with van der Waals surface area (Å²) in [5.41, 5.74) is 0. The fourth-order valence-corrected chi connectivity index (χ4v) is 5.18. The summed E-state index contributed by atoms with van der Waals surface area (Å²) in [5, 5.41) is -2.33. The fourth-order valence-electron chi connectivity index (χ4n) is 1.81. The first kappa shape index (κ1) is 24.6. The molecule has 0 aliphatic carbocycles. The van der Waals surface area contributed by atoms with Crippen LogP contribution in [0.2, 0.25) is 0 Å². The molecule has 0 saturated carbocycles. The van der Waals surface area contributed by atoms with Gasteiger partial charge in [-0.05, 0) is 12.8 Å². The van der Waals surface area contributed by atoms with Crippen LogP contribution in [0.1, 0.15) is 25.7 Å². The molecule has 11 heteroatoms. The summed E-state index contributed by atoms with van der Waals surface area (Å²) in [4.78, 5) is 9.77. The van der Waals surface area contributed by atoms with Gasteiger partial charge in [-0.1, -0.05) is 69.6 Å². The Morgan fingerprint density at radius 2 is 1.00 bits per heavy atom. The number of hydrogen-bond donors (Lipinski definition) is 0. The number of alkyl halides is 10.